The molecule has 0 saturated heterocycles. The third kappa shape index (κ3) is 6.76. The molecule has 0 atom stereocenters. The number of rotatable bonds is 10. The molecule has 3 rings (SSSR count). The van der Waals surface area contributed by atoms with Crippen molar-refractivity contribution in [1.29, 1.82) is 0 Å². The maximum atomic E-state index is 13.2. The highest BCUT2D eigenvalue weighted by Crippen LogP contribution is 2.31. The number of thiazole rings is 1. The lowest BCUT2D eigenvalue weighted by atomic mass is 10.1. The number of carbonyl (C=O) groups is 1. The van der Waals surface area contributed by atoms with E-state index in [9.17, 15) is 13.2 Å². The number of hydrogen-bond donors (Lipinski definition) is 0. The summed E-state index contributed by atoms with van der Waals surface area (Å²) in [7, 11) is 0.524. The summed E-state index contributed by atoms with van der Waals surface area (Å²) in [5.41, 5.74) is 3.24. The Labute approximate surface area is 205 Å². The van der Waals surface area contributed by atoms with E-state index >= 15 is 0 Å². The summed E-state index contributed by atoms with van der Waals surface area (Å²) in [5.74, 6) is -0.197. The molecule has 1 aromatic heterocycles. The fraction of sp³-hybridized carbons (Fsp3) is 0.417. The lowest BCUT2D eigenvalue weighted by Crippen LogP contribution is -2.33. The number of benzene rings is 2. The van der Waals surface area contributed by atoms with E-state index in [1.165, 1.54) is 29.0 Å². The van der Waals surface area contributed by atoms with Gasteiger partial charge in [-0.15, -0.1) is 0 Å². The monoisotopic (exact) mass is 507 g/mol. The smallest absolute Gasteiger partial charge is 0.228 e. The number of hydrogen-bond acceptors (Lipinski definition) is 6. The number of aromatic nitrogens is 1. The minimum atomic E-state index is -3.47. The van der Waals surface area contributed by atoms with Gasteiger partial charge in [0.15, 0.2) is 15.0 Å². The summed E-state index contributed by atoms with van der Waals surface area (Å²) >= 11 is 7.36. The predicted octanol–water partition coefficient (Wildman–Crippen LogP) is 5.11. The van der Waals surface area contributed by atoms with Crippen molar-refractivity contribution >= 4 is 54.0 Å². The number of sulfone groups is 1. The number of carbonyl (C=O) groups excluding carboxylic acids is 1. The summed E-state index contributed by atoms with van der Waals surface area (Å²) < 4.78 is 26.3. The highest BCUT2D eigenvalue weighted by molar-refractivity contribution is 7.91. The highest BCUT2D eigenvalue weighted by Gasteiger charge is 2.21. The van der Waals surface area contributed by atoms with Gasteiger partial charge < -0.3 is 4.90 Å². The Morgan fingerprint density at radius 3 is 2.36 bits per heavy atom. The van der Waals surface area contributed by atoms with Crippen molar-refractivity contribution in [2.24, 2.45) is 0 Å². The molecule has 0 fully saturated rings. The minimum Gasteiger partial charge on any atom is -0.309 e. The summed E-state index contributed by atoms with van der Waals surface area (Å²) in [4.78, 5) is 21.9. The van der Waals surface area contributed by atoms with Crippen LogP contribution in [0.5, 0.6) is 0 Å². The Morgan fingerprint density at radius 1 is 1.03 bits per heavy atom. The van der Waals surface area contributed by atoms with Crippen LogP contribution in [0.3, 0.4) is 0 Å². The minimum absolute atomic E-state index is 0.0931. The van der Waals surface area contributed by atoms with Gasteiger partial charge in [-0.1, -0.05) is 22.9 Å². The molecule has 0 N–H and O–H groups in total. The molecule has 0 radical (unpaired) electrons. The van der Waals surface area contributed by atoms with Crippen LogP contribution in [-0.4, -0.2) is 57.1 Å². The fourth-order valence-corrected chi connectivity index (χ4v) is 5.99. The van der Waals surface area contributed by atoms with E-state index in [2.05, 4.69) is 24.8 Å². The van der Waals surface area contributed by atoms with Crippen LogP contribution in [0.1, 0.15) is 30.4 Å². The van der Waals surface area contributed by atoms with Gasteiger partial charge in [0.05, 0.1) is 20.9 Å². The standard InChI is InChI=1S/C24H30ClN3O3S2/c1-17-15-21-22(16-18(17)2)32-24(26-21)28(13-6-12-27(3)4)23(29)7-5-14-33(30,31)20-10-8-19(25)9-11-20/h8-11,15-16H,5-7,12-14H2,1-4H3. The third-order valence-corrected chi connectivity index (χ3v) is 8.60. The molecule has 0 unspecified atom stereocenters. The molecule has 178 valence electrons. The number of halogens is 1. The molecule has 0 saturated carbocycles. The second-order valence-electron chi connectivity index (χ2n) is 8.48. The van der Waals surface area contributed by atoms with Crippen molar-refractivity contribution < 1.29 is 13.2 Å². The predicted molar refractivity (Wildman–Crippen MR) is 137 cm³/mol. The van der Waals surface area contributed by atoms with E-state index in [1.54, 1.807) is 17.0 Å². The topological polar surface area (TPSA) is 70.6 Å². The van der Waals surface area contributed by atoms with E-state index in [4.69, 9.17) is 16.6 Å². The molecule has 1 amide bonds. The zero-order valence-corrected chi connectivity index (χ0v) is 21.9. The van der Waals surface area contributed by atoms with Gasteiger partial charge in [-0.25, -0.2) is 13.4 Å². The Hall–Kier alpha value is -2.00. The summed E-state index contributed by atoms with van der Waals surface area (Å²) in [6, 6.07) is 10.3. The Bertz CT molecular complexity index is 1180. The Balaban J connectivity index is 1.73. The molecule has 3 aromatic rings. The molecule has 1 heterocycles. The largest absolute Gasteiger partial charge is 0.309 e. The first-order valence-electron chi connectivity index (χ1n) is 10.9. The molecule has 2 aromatic carbocycles. The average molecular weight is 508 g/mol. The molecular formula is C24H30ClN3O3S2. The second-order valence-corrected chi connectivity index (χ2v) is 12.0. The van der Waals surface area contributed by atoms with Gasteiger partial charge in [0, 0.05) is 18.0 Å². The van der Waals surface area contributed by atoms with Crippen LogP contribution in [-0.2, 0) is 14.6 Å². The van der Waals surface area contributed by atoms with Crippen molar-refractivity contribution in [3.05, 3.63) is 52.5 Å². The van der Waals surface area contributed by atoms with Crippen LogP contribution in [0, 0.1) is 13.8 Å². The van der Waals surface area contributed by atoms with Crippen molar-refractivity contribution in [1.82, 2.24) is 9.88 Å². The first kappa shape index (κ1) is 25.6. The Kier molecular flexibility index (Phi) is 8.50. The van der Waals surface area contributed by atoms with Crippen molar-refractivity contribution in [2.45, 2.75) is 38.0 Å². The zero-order valence-electron chi connectivity index (χ0n) is 19.5. The van der Waals surface area contributed by atoms with Crippen LogP contribution in [0.4, 0.5) is 5.13 Å². The van der Waals surface area contributed by atoms with Crippen LogP contribution in [0.15, 0.2) is 41.3 Å². The van der Waals surface area contributed by atoms with Crippen LogP contribution in [0.2, 0.25) is 5.02 Å². The molecule has 0 bridgehead atoms. The van der Waals surface area contributed by atoms with E-state index in [1.807, 2.05) is 20.2 Å². The molecule has 0 aliphatic rings. The van der Waals surface area contributed by atoms with Gasteiger partial charge in [0.25, 0.3) is 0 Å². The summed E-state index contributed by atoms with van der Waals surface area (Å²) in [6.45, 7) is 5.50. The van der Waals surface area contributed by atoms with Gasteiger partial charge in [-0.3, -0.25) is 9.69 Å². The highest BCUT2D eigenvalue weighted by atomic mass is 35.5. The SMILES string of the molecule is Cc1cc2nc(N(CCCN(C)C)C(=O)CCCS(=O)(=O)c3ccc(Cl)cc3)sc2cc1C. The number of fused-ring (bicyclic) bond motifs is 1. The number of anilines is 1. The first-order valence-corrected chi connectivity index (χ1v) is 13.7. The van der Waals surface area contributed by atoms with E-state index in [0.29, 0.717) is 16.7 Å². The Morgan fingerprint density at radius 2 is 1.70 bits per heavy atom. The van der Waals surface area contributed by atoms with Crippen molar-refractivity contribution in [3.63, 3.8) is 0 Å². The van der Waals surface area contributed by atoms with E-state index < -0.39 is 9.84 Å². The second kappa shape index (κ2) is 11.0. The number of nitrogens with zero attached hydrogens (tertiary/aromatic N) is 3. The molecule has 9 heteroatoms. The quantitative estimate of drug-likeness (QED) is 0.381. The van der Waals surface area contributed by atoms with Gasteiger partial charge in [0.1, 0.15) is 0 Å². The summed E-state index contributed by atoms with van der Waals surface area (Å²) in [6.07, 6.45) is 1.19. The fourth-order valence-electron chi connectivity index (χ4n) is 3.46. The maximum Gasteiger partial charge on any atom is 0.228 e. The number of amides is 1. The van der Waals surface area contributed by atoms with Crippen LogP contribution >= 0.6 is 22.9 Å². The normalized spacial score (nSPS) is 11.9. The van der Waals surface area contributed by atoms with Crippen LogP contribution < -0.4 is 4.90 Å². The van der Waals surface area contributed by atoms with Crippen LogP contribution in [0.25, 0.3) is 10.2 Å². The average Bonchev–Trinajstić information content (AvgIpc) is 3.13. The van der Waals surface area contributed by atoms with Gasteiger partial charge in [-0.05, 0) is 94.9 Å². The maximum absolute atomic E-state index is 13.2. The van der Waals surface area contributed by atoms with Gasteiger partial charge in [0.2, 0.25) is 5.91 Å². The summed E-state index contributed by atoms with van der Waals surface area (Å²) in [5, 5.41) is 1.15. The van der Waals surface area contributed by atoms with Crippen molar-refractivity contribution in [3.8, 4) is 0 Å². The lowest BCUT2D eigenvalue weighted by Gasteiger charge is -2.21. The van der Waals surface area contributed by atoms with Gasteiger partial charge in [-0.2, -0.15) is 0 Å². The molecule has 0 aliphatic carbocycles. The molecular weight excluding hydrogens is 478 g/mol. The molecule has 33 heavy (non-hydrogen) atoms. The van der Waals surface area contributed by atoms with Gasteiger partial charge >= 0.3 is 0 Å². The molecule has 0 aliphatic heterocycles. The van der Waals surface area contributed by atoms with E-state index in [-0.39, 0.29) is 29.4 Å². The molecule has 6 nitrogen and oxygen atoms in total. The lowest BCUT2D eigenvalue weighted by molar-refractivity contribution is -0.118. The third-order valence-electron chi connectivity index (χ3n) is 5.49. The number of aryl methyl sites for hydroxylation is 2. The van der Waals surface area contributed by atoms with E-state index in [0.717, 1.165) is 28.7 Å². The first-order chi connectivity index (χ1) is 15.6. The molecule has 0 spiro atoms. The zero-order chi connectivity index (χ0) is 24.2. The van der Waals surface area contributed by atoms with Crippen molar-refractivity contribution in [2.75, 3.05) is 37.8 Å².